The van der Waals surface area contributed by atoms with Crippen molar-refractivity contribution in [3.63, 3.8) is 0 Å². The summed E-state index contributed by atoms with van der Waals surface area (Å²) >= 11 is 0. The molecule has 0 amide bonds. The Morgan fingerprint density at radius 3 is 2.65 bits per heavy atom. The van der Waals surface area contributed by atoms with Crippen molar-refractivity contribution in [2.45, 2.75) is 6.54 Å². The van der Waals surface area contributed by atoms with Crippen molar-refractivity contribution in [3.05, 3.63) is 80.9 Å². The molecule has 3 rings (SSSR count). The number of para-hydroxylation sites is 1. The second kappa shape index (κ2) is 4.77. The maximum Gasteiger partial charge on any atom is 0.422 e. The normalized spacial score (nSPS) is 10.8. The maximum atomic E-state index is 13.2. The van der Waals surface area contributed by atoms with Gasteiger partial charge in [-0.2, -0.15) is 0 Å². The minimum atomic E-state index is -0.752. The van der Waals surface area contributed by atoms with Gasteiger partial charge in [-0.1, -0.05) is 24.3 Å². The van der Waals surface area contributed by atoms with E-state index in [0.29, 0.717) is 16.5 Å². The van der Waals surface area contributed by atoms with Crippen LogP contribution < -0.4 is 11.4 Å². The Kier molecular flexibility index (Phi) is 2.95. The molecule has 0 N–H and O–H groups in total. The molecule has 3 aromatic rings. The predicted octanol–water partition coefficient (Wildman–Crippen LogP) is 2.14. The van der Waals surface area contributed by atoms with Crippen molar-refractivity contribution in [3.8, 4) is 0 Å². The van der Waals surface area contributed by atoms with Gasteiger partial charge in [0.05, 0.1) is 17.4 Å². The smallest absolute Gasteiger partial charge is 0.372 e. The molecular weight excluding hydrogens is 261 g/mol. The first kappa shape index (κ1) is 12.3. The third-order valence-electron chi connectivity index (χ3n) is 3.04. The number of benzene rings is 2. The zero-order valence-corrected chi connectivity index (χ0v) is 10.4. The third kappa shape index (κ3) is 2.14. The zero-order chi connectivity index (χ0) is 14.1. The van der Waals surface area contributed by atoms with E-state index in [0.717, 1.165) is 0 Å². The fourth-order valence-corrected chi connectivity index (χ4v) is 2.14. The Bertz CT molecular complexity index is 895. The van der Waals surface area contributed by atoms with Gasteiger partial charge >= 0.3 is 11.4 Å². The van der Waals surface area contributed by atoms with E-state index >= 15 is 0 Å². The minimum absolute atomic E-state index is 0.140. The Labute approximate surface area is 112 Å². The average Bonchev–Trinajstić information content (AvgIpc) is 2.43. The van der Waals surface area contributed by atoms with Gasteiger partial charge in [-0.3, -0.25) is 4.57 Å². The SMILES string of the molecule is O=c1oc(=O)n(Cc2cccc(F)c2)c2ccccc12. The molecule has 0 saturated heterocycles. The molecule has 0 radical (unpaired) electrons. The van der Waals surface area contributed by atoms with Gasteiger partial charge in [0, 0.05) is 0 Å². The van der Waals surface area contributed by atoms with Crippen LogP contribution in [0, 0.1) is 5.82 Å². The Hall–Kier alpha value is -2.69. The molecule has 0 unspecified atom stereocenters. The number of hydrogen-bond acceptors (Lipinski definition) is 3. The van der Waals surface area contributed by atoms with Crippen LogP contribution in [-0.2, 0) is 6.54 Å². The van der Waals surface area contributed by atoms with Crippen LogP contribution in [-0.4, -0.2) is 4.57 Å². The van der Waals surface area contributed by atoms with Gasteiger partial charge in [0.2, 0.25) is 0 Å². The van der Waals surface area contributed by atoms with Gasteiger partial charge in [-0.15, -0.1) is 0 Å². The molecule has 0 aliphatic heterocycles. The Morgan fingerprint density at radius 2 is 1.85 bits per heavy atom. The lowest BCUT2D eigenvalue weighted by molar-refractivity contribution is 0.424. The van der Waals surface area contributed by atoms with Gasteiger partial charge in [-0.25, -0.2) is 14.0 Å². The van der Waals surface area contributed by atoms with E-state index in [2.05, 4.69) is 4.42 Å². The highest BCUT2D eigenvalue weighted by molar-refractivity contribution is 5.77. The highest BCUT2D eigenvalue weighted by Crippen LogP contribution is 2.11. The lowest BCUT2D eigenvalue weighted by Gasteiger charge is -2.08. The summed E-state index contributed by atoms with van der Waals surface area (Å²) < 4.78 is 19.2. The van der Waals surface area contributed by atoms with Crippen LogP contribution in [0.2, 0.25) is 0 Å². The predicted molar refractivity (Wildman–Crippen MR) is 72.2 cm³/mol. The summed E-state index contributed by atoms with van der Waals surface area (Å²) in [7, 11) is 0. The number of fused-ring (bicyclic) bond motifs is 1. The summed E-state index contributed by atoms with van der Waals surface area (Å²) in [5, 5.41) is 0.323. The fraction of sp³-hybridized carbons (Fsp3) is 0.0667. The molecule has 1 aromatic heterocycles. The van der Waals surface area contributed by atoms with Gasteiger partial charge in [-0.05, 0) is 29.8 Å². The first-order valence-electron chi connectivity index (χ1n) is 6.02. The third-order valence-corrected chi connectivity index (χ3v) is 3.04. The van der Waals surface area contributed by atoms with Crippen LogP contribution in [0.1, 0.15) is 5.56 Å². The lowest BCUT2D eigenvalue weighted by Crippen LogP contribution is -2.25. The number of hydrogen-bond donors (Lipinski definition) is 0. The highest BCUT2D eigenvalue weighted by atomic mass is 19.1. The summed E-state index contributed by atoms with van der Waals surface area (Å²) in [6.07, 6.45) is 0. The molecule has 2 aromatic carbocycles. The Balaban J connectivity index is 2.21. The van der Waals surface area contributed by atoms with Crippen molar-refractivity contribution in [1.29, 1.82) is 0 Å². The molecule has 4 nitrogen and oxygen atoms in total. The van der Waals surface area contributed by atoms with Crippen molar-refractivity contribution in [1.82, 2.24) is 4.57 Å². The van der Waals surface area contributed by atoms with Gasteiger partial charge in [0.15, 0.2) is 0 Å². The van der Waals surface area contributed by atoms with E-state index in [1.807, 2.05) is 0 Å². The molecule has 0 bridgehead atoms. The van der Waals surface area contributed by atoms with Crippen LogP contribution in [0.4, 0.5) is 4.39 Å². The molecule has 0 aliphatic carbocycles. The molecule has 0 saturated carbocycles. The van der Waals surface area contributed by atoms with Gasteiger partial charge in [0.1, 0.15) is 5.82 Å². The number of halogens is 1. The van der Waals surface area contributed by atoms with E-state index in [1.54, 1.807) is 36.4 Å². The van der Waals surface area contributed by atoms with Crippen molar-refractivity contribution >= 4 is 10.9 Å². The summed E-state index contributed by atoms with van der Waals surface area (Å²) in [6.45, 7) is 0.140. The van der Waals surface area contributed by atoms with Crippen LogP contribution in [0.25, 0.3) is 10.9 Å². The van der Waals surface area contributed by atoms with Crippen molar-refractivity contribution in [2.75, 3.05) is 0 Å². The second-order valence-corrected chi connectivity index (χ2v) is 4.39. The molecule has 0 fully saturated rings. The van der Waals surface area contributed by atoms with E-state index in [1.165, 1.54) is 16.7 Å². The first-order chi connectivity index (χ1) is 9.65. The number of rotatable bonds is 2. The van der Waals surface area contributed by atoms with E-state index in [9.17, 15) is 14.0 Å². The molecule has 20 heavy (non-hydrogen) atoms. The lowest BCUT2D eigenvalue weighted by atomic mass is 10.2. The molecule has 0 aliphatic rings. The van der Waals surface area contributed by atoms with Crippen LogP contribution in [0.5, 0.6) is 0 Å². The molecule has 1 heterocycles. The summed E-state index contributed by atoms with van der Waals surface area (Å²) in [6, 6.07) is 12.6. The highest BCUT2D eigenvalue weighted by Gasteiger charge is 2.09. The number of aromatic nitrogens is 1. The summed E-state index contributed by atoms with van der Waals surface area (Å²) in [5.74, 6) is -1.13. The molecule has 100 valence electrons. The van der Waals surface area contributed by atoms with Crippen LogP contribution in [0.15, 0.2) is 62.5 Å². The van der Waals surface area contributed by atoms with E-state index in [-0.39, 0.29) is 12.4 Å². The molecule has 5 heteroatoms. The van der Waals surface area contributed by atoms with Crippen molar-refractivity contribution in [2.24, 2.45) is 0 Å². The van der Waals surface area contributed by atoms with Gasteiger partial charge < -0.3 is 4.42 Å². The minimum Gasteiger partial charge on any atom is -0.372 e. The maximum absolute atomic E-state index is 13.2. The quantitative estimate of drug-likeness (QED) is 0.717. The van der Waals surface area contributed by atoms with Crippen LogP contribution >= 0.6 is 0 Å². The number of nitrogens with zero attached hydrogens (tertiary/aromatic N) is 1. The van der Waals surface area contributed by atoms with Crippen LogP contribution in [0.3, 0.4) is 0 Å². The molecule has 0 spiro atoms. The first-order valence-corrected chi connectivity index (χ1v) is 6.02. The fourth-order valence-electron chi connectivity index (χ4n) is 2.14. The Morgan fingerprint density at radius 1 is 1.05 bits per heavy atom. The monoisotopic (exact) mass is 271 g/mol. The largest absolute Gasteiger partial charge is 0.422 e. The summed E-state index contributed by atoms with van der Waals surface area (Å²) in [5.41, 5.74) is 0.421. The van der Waals surface area contributed by atoms with E-state index in [4.69, 9.17) is 0 Å². The zero-order valence-electron chi connectivity index (χ0n) is 10.4. The summed E-state index contributed by atoms with van der Waals surface area (Å²) in [4.78, 5) is 23.5. The topological polar surface area (TPSA) is 52.2 Å². The standard InChI is InChI=1S/C15H10FNO3/c16-11-5-3-4-10(8-11)9-17-13-7-2-1-6-12(13)14(18)20-15(17)19/h1-8H,9H2. The average molecular weight is 271 g/mol. The van der Waals surface area contributed by atoms with E-state index < -0.39 is 11.4 Å². The second-order valence-electron chi connectivity index (χ2n) is 4.39. The van der Waals surface area contributed by atoms with Gasteiger partial charge in [0.25, 0.3) is 0 Å². The van der Waals surface area contributed by atoms with Crippen molar-refractivity contribution < 1.29 is 8.81 Å². The molecule has 0 atom stereocenters. The molecular formula is C15H10FNO3.